The van der Waals surface area contributed by atoms with Gasteiger partial charge in [-0.05, 0) is 36.4 Å². The summed E-state index contributed by atoms with van der Waals surface area (Å²) in [6, 6.07) is 15.8. The molecule has 9 heteroatoms. The summed E-state index contributed by atoms with van der Waals surface area (Å²) in [7, 11) is 0. The molecule has 1 amide bonds. The van der Waals surface area contributed by atoms with E-state index in [-0.39, 0.29) is 27.7 Å². The second kappa shape index (κ2) is 8.61. The second-order valence-corrected chi connectivity index (χ2v) is 6.63. The van der Waals surface area contributed by atoms with Crippen molar-refractivity contribution in [2.75, 3.05) is 5.32 Å². The van der Waals surface area contributed by atoms with Gasteiger partial charge in [0.25, 0.3) is 11.6 Å². The third-order valence-corrected chi connectivity index (χ3v) is 4.26. The molecule has 144 valence electrons. The zero-order valence-corrected chi connectivity index (χ0v) is 16.1. The van der Waals surface area contributed by atoms with Crippen LogP contribution in [0.25, 0.3) is 17.4 Å². The van der Waals surface area contributed by atoms with Gasteiger partial charge in [0.1, 0.15) is 28.9 Å². The monoisotopic (exact) mass is 427 g/mol. The van der Waals surface area contributed by atoms with Gasteiger partial charge in [-0.15, -0.1) is 0 Å². The maximum absolute atomic E-state index is 12.4. The van der Waals surface area contributed by atoms with Crippen LogP contribution in [0.1, 0.15) is 5.76 Å². The van der Waals surface area contributed by atoms with Crippen molar-refractivity contribution in [3.63, 3.8) is 0 Å². The number of nitro benzene ring substituents is 1. The second-order valence-electron chi connectivity index (χ2n) is 5.75. The average Bonchev–Trinajstić information content (AvgIpc) is 3.16. The van der Waals surface area contributed by atoms with E-state index in [2.05, 4.69) is 5.32 Å². The van der Waals surface area contributed by atoms with Crippen molar-refractivity contribution in [2.24, 2.45) is 0 Å². The van der Waals surface area contributed by atoms with E-state index in [4.69, 9.17) is 27.6 Å². The van der Waals surface area contributed by atoms with Gasteiger partial charge in [0.2, 0.25) is 0 Å². The first kappa shape index (κ1) is 20.1. The predicted molar refractivity (Wildman–Crippen MR) is 109 cm³/mol. The zero-order chi connectivity index (χ0) is 21.0. The first-order chi connectivity index (χ1) is 13.9. The molecule has 0 spiro atoms. The van der Waals surface area contributed by atoms with Gasteiger partial charge >= 0.3 is 0 Å². The molecule has 0 bridgehead atoms. The third kappa shape index (κ3) is 4.82. The van der Waals surface area contributed by atoms with Gasteiger partial charge in [-0.25, -0.2) is 0 Å². The normalized spacial score (nSPS) is 11.0. The Hall–Kier alpha value is -3.60. The van der Waals surface area contributed by atoms with Crippen molar-refractivity contribution in [3.05, 3.63) is 86.1 Å². The molecule has 0 aliphatic carbocycles. The van der Waals surface area contributed by atoms with Crippen LogP contribution in [0.15, 0.2) is 64.6 Å². The fourth-order valence-electron chi connectivity index (χ4n) is 2.47. The topological polar surface area (TPSA) is 109 Å². The van der Waals surface area contributed by atoms with Crippen LogP contribution in [0.3, 0.4) is 0 Å². The minimum Gasteiger partial charge on any atom is -0.457 e. The Morgan fingerprint density at radius 1 is 1.14 bits per heavy atom. The number of halogens is 2. The van der Waals surface area contributed by atoms with Crippen molar-refractivity contribution in [1.29, 1.82) is 5.26 Å². The standard InChI is InChI=1S/C20H11Cl2N3O4/c21-14-3-1-2-12(8-14)19-7-5-16(29-19)9-13(11-23)20(26)24-17-6-4-15(22)10-18(17)25(27)28/h1-10H,(H,24,26)/b13-9+. The van der Waals surface area contributed by atoms with E-state index in [1.54, 1.807) is 42.5 Å². The molecule has 1 N–H and O–H groups in total. The summed E-state index contributed by atoms with van der Waals surface area (Å²) in [5.74, 6) is -0.0549. The summed E-state index contributed by atoms with van der Waals surface area (Å²) in [6.45, 7) is 0. The molecular formula is C20H11Cl2N3O4. The molecule has 0 fully saturated rings. The van der Waals surface area contributed by atoms with Gasteiger partial charge in [0.15, 0.2) is 0 Å². The molecule has 0 saturated heterocycles. The molecule has 1 aromatic heterocycles. The number of hydrogen-bond donors (Lipinski definition) is 1. The molecular weight excluding hydrogens is 417 g/mol. The lowest BCUT2D eigenvalue weighted by atomic mass is 10.2. The van der Waals surface area contributed by atoms with E-state index >= 15 is 0 Å². The Bertz CT molecular complexity index is 1180. The minimum absolute atomic E-state index is 0.0791. The summed E-state index contributed by atoms with van der Waals surface area (Å²) in [4.78, 5) is 22.9. The van der Waals surface area contributed by atoms with Gasteiger partial charge in [-0.1, -0.05) is 35.3 Å². The van der Waals surface area contributed by atoms with E-state index in [9.17, 15) is 20.2 Å². The molecule has 29 heavy (non-hydrogen) atoms. The average molecular weight is 428 g/mol. The number of nitro groups is 1. The number of nitrogens with one attached hydrogen (secondary N) is 1. The summed E-state index contributed by atoms with van der Waals surface area (Å²) in [5.41, 5.74) is -0.0212. The Morgan fingerprint density at radius 2 is 1.90 bits per heavy atom. The lowest BCUT2D eigenvalue weighted by Crippen LogP contribution is -2.14. The van der Waals surface area contributed by atoms with Crippen LogP contribution in [0.2, 0.25) is 10.0 Å². The maximum atomic E-state index is 12.4. The number of carbonyl (C=O) groups excluding carboxylic acids is 1. The van der Waals surface area contributed by atoms with Gasteiger partial charge < -0.3 is 9.73 Å². The van der Waals surface area contributed by atoms with Crippen LogP contribution >= 0.6 is 23.2 Å². The summed E-state index contributed by atoms with van der Waals surface area (Å²) < 4.78 is 5.64. The molecule has 0 saturated carbocycles. The Kier molecular flexibility index (Phi) is 5.98. The van der Waals surface area contributed by atoms with Crippen LogP contribution in [0.5, 0.6) is 0 Å². The Labute approximate surface area is 174 Å². The van der Waals surface area contributed by atoms with E-state index < -0.39 is 10.8 Å². The van der Waals surface area contributed by atoms with E-state index in [0.29, 0.717) is 10.8 Å². The van der Waals surface area contributed by atoms with Gasteiger partial charge in [-0.3, -0.25) is 14.9 Å². The highest BCUT2D eigenvalue weighted by atomic mass is 35.5. The first-order valence-electron chi connectivity index (χ1n) is 8.10. The molecule has 3 aromatic rings. The van der Waals surface area contributed by atoms with Gasteiger partial charge in [0, 0.05) is 27.8 Å². The zero-order valence-electron chi connectivity index (χ0n) is 14.6. The first-order valence-corrected chi connectivity index (χ1v) is 8.86. The number of benzene rings is 2. The van der Waals surface area contributed by atoms with Crippen molar-refractivity contribution < 1.29 is 14.1 Å². The Morgan fingerprint density at radius 3 is 2.59 bits per heavy atom. The van der Waals surface area contributed by atoms with Crippen molar-refractivity contribution in [1.82, 2.24) is 0 Å². The number of rotatable bonds is 5. The molecule has 0 radical (unpaired) electrons. The smallest absolute Gasteiger partial charge is 0.294 e. The van der Waals surface area contributed by atoms with Crippen LogP contribution in [0.4, 0.5) is 11.4 Å². The summed E-state index contributed by atoms with van der Waals surface area (Å²) in [5, 5.41) is 23.5. The van der Waals surface area contributed by atoms with Gasteiger partial charge in [0.05, 0.1) is 4.92 Å². The van der Waals surface area contributed by atoms with Crippen molar-refractivity contribution in [3.8, 4) is 17.4 Å². The molecule has 0 aliphatic rings. The number of anilines is 1. The van der Waals surface area contributed by atoms with Crippen LogP contribution in [-0.2, 0) is 4.79 Å². The van der Waals surface area contributed by atoms with Crippen molar-refractivity contribution >= 4 is 46.6 Å². The van der Waals surface area contributed by atoms with E-state index in [1.807, 2.05) is 0 Å². The van der Waals surface area contributed by atoms with Crippen LogP contribution < -0.4 is 5.32 Å². The molecule has 1 heterocycles. The fourth-order valence-corrected chi connectivity index (χ4v) is 2.83. The quantitative estimate of drug-likeness (QED) is 0.242. The fraction of sp³-hybridized carbons (Fsp3) is 0. The van der Waals surface area contributed by atoms with Gasteiger partial charge in [-0.2, -0.15) is 5.26 Å². The summed E-state index contributed by atoms with van der Waals surface area (Å²) >= 11 is 11.7. The van der Waals surface area contributed by atoms with E-state index in [1.165, 1.54) is 18.2 Å². The van der Waals surface area contributed by atoms with E-state index in [0.717, 1.165) is 11.6 Å². The molecule has 7 nitrogen and oxygen atoms in total. The number of hydrogen-bond acceptors (Lipinski definition) is 5. The predicted octanol–water partition coefficient (Wildman–Crippen LogP) is 5.71. The minimum atomic E-state index is -0.821. The maximum Gasteiger partial charge on any atom is 0.294 e. The third-order valence-electron chi connectivity index (χ3n) is 3.79. The number of amides is 1. The number of furan rings is 1. The highest BCUT2D eigenvalue weighted by Gasteiger charge is 2.19. The molecule has 3 rings (SSSR count). The SMILES string of the molecule is N#C/C(=C\c1ccc(-c2cccc(Cl)c2)o1)C(=O)Nc1ccc(Cl)cc1[N+](=O)[O-]. The highest BCUT2D eigenvalue weighted by Crippen LogP contribution is 2.29. The lowest BCUT2D eigenvalue weighted by molar-refractivity contribution is -0.383. The summed E-state index contributed by atoms with van der Waals surface area (Å²) in [6.07, 6.45) is 1.24. The van der Waals surface area contributed by atoms with Crippen LogP contribution in [-0.4, -0.2) is 10.8 Å². The lowest BCUT2D eigenvalue weighted by Gasteiger charge is -2.05. The van der Waals surface area contributed by atoms with Crippen molar-refractivity contribution in [2.45, 2.75) is 0 Å². The molecule has 0 atom stereocenters. The highest BCUT2D eigenvalue weighted by molar-refractivity contribution is 6.31. The molecule has 2 aromatic carbocycles. The number of nitrogens with zero attached hydrogens (tertiary/aromatic N) is 2. The number of carbonyl (C=O) groups is 1. The largest absolute Gasteiger partial charge is 0.457 e. The number of nitriles is 1. The Balaban J connectivity index is 1.85. The molecule has 0 aliphatic heterocycles. The molecule has 0 unspecified atom stereocenters. The van der Waals surface area contributed by atoms with Crippen LogP contribution in [0, 0.1) is 21.4 Å².